The summed E-state index contributed by atoms with van der Waals surface area (Å²) < 4.78 is 5.44. The Labute approximate surface area is 116 Å². The summed E-state index contributed by atoms with van der Waals surface area (Å²) in [4.78, 5) is 2.31. The Morgan fingerprint density at radius 3 is 2.74 bits per heavy atom. The van der Waals surface area contributed by atoms with E-state index >= 15 is 0 Å². The van der Waals surface area contributed by atoms with Crippen LogP contribution in [0, 0.1) is 5.92 Å². The SMILES string of the molecule is CCCNC(CN(C)c1ccccc1OC)C1CC1. The molecule has 1 aromatic carbocycles. The molecule has 0 radical (unpaired) electrons. The lowest BCUT2D eigenvalue weighted by atomic mass is 10.1. The minimum Gasteiger partial charge on any atom is -0.495 e. The van der Waals surface area contributed by atoms with Crippen molar-refractivity contribution >= 4 is 5.69 Å². The summed E-state index contributed by atoms with van der Waals surface area (Å²) in [5, 5.41) is 3.69. The molecule has 0 spiro atoms. The molecule has 0 bridgehead atoms. The lowest BCUT2D eigenvalue weighted by Crippen LogP contribution is -2.41. The zero-order chi connectivity index (χ0) is 13.7. The van der Waals surface area contributed by atoms with Crippen molar-refractivity contribution in [2.24, 2.45) is 5.92 Å². The second-order valence-corrected chi connectivity index (χ2v) is 5.45. The molecule has 19 heavy (non-hydrogen) atoms. The number of anilines is 1. The molecular formula is C16H26N2O. The van der Waals surface area contributed by atoms with Crippen LogP contribution in [0.3, 0.4) is 0 Å². The Bertz CT molecular complexity index is 390. The van der Waals surface area contributed by atoms with Gasteiger partial charge in [-0.2, -0.15) is 0 Å². The van der Waals surface area contributed by atoms with Crippen molar-refractivity contribution < 1.29 is 4.74 Å². The maximum atomic E-state index is 5.44. The minimum absolute atomic E-state index is 0.606. The van der Waals surface area contributed by atoms with E-state index in [9.17, 15) is 0 Å². The van der Waals surface area contributed by atoms with Gasteiger partial charge < -0.3 is 15.0 Å². The molecule has 0 aromatic heterocycles. The quantitative estimate of drug-likeness (QED) is 0.779. The van der Waals surface area contributed by atoms with Gasteiger partial charge in [0, 0.05) is 19.6 Å². The number of likely N-dealkylation sites (N-methyl/N-ethyl adjacent to an activating group) is 1. The number of hydrogen-bond acceptors (Lipinski definition) is 3. The van der Waals surface area contributed by atoms with Crippen molar-refractivity contribution in [2.75, 3.05) is 32.1 Å². The van der Waals surface area contributed by atoms with Crippen LogP contribution in [0.4, 0.5) is 5.69 Å². The average Bonchev–Trinajstić information content (AvgIpc) is 3.27. The molecule has 1 aliphatic carbocycles. The molecule has 0 aliphatic heterocycles. The molecule has 0 amide bonds. The van der Waals surface area contributed by atoms with E-state index in [2.05, 4.69) is 36.3 Å². The van der Waals surface area contributed by atoms with Gasteiger partial charge in [-0.25, -0.2) is 0 Å². The summed E-state index contributed by atoms with van der Waals surface area (Å²) in [6.45, 7) is 4.38. The summed E-state index contributed by atoms with van der Waals surface area (Å²) in [6.07, 6.45) is 3.95. The van der Waals surface area contributed by atoms with Gasteiger partial charge in [-0.15, -0.1) is 0 Å². The fourth-order valence-corrected chi connectivity index (χ4v) is 2.55. The molecule has 1 saturated carbocycles. The van der Waals surface area contributed by atoms with E-state index in [-0.39, 0.29) is 0 Å². The van der Waals surface area contributed by atoms with Gasteiger partial charge in [0.15, 0.2) is 0 Å². The first kappa shape index (κ1) is 14.2. The molecule has 0 saturated heterocycles. The highest BCUT2D eigenvalue weighted by atomic mass is 16.5. The Hall–Kier alpha value is -1.22. The molecule has 1 N–H and O–H groups in total. The third-order valence-electron chi connectivity index (χ3n) is 3.81. The van der Waals surface area contributed by atoms with Crippen LogP contribution in [0.5, 0.6) is 5.75 Å². The molecule has 3 nitrogen and oxygen atoms in total. The van der Waals surface area contributed by atoms with Gasteiger partial charge in [0.2, 0.25) is 0 Å². The number of benzene rings is 1. The Morgan fingerprint density at radius 2 is 2.11 bits per heavy atom. The summed E-state index contributed by atoms with van der Waals surface area (Å²) in [5.41, 5.74) is 1.17. The Kier molecular flexibility index (Phi) is 5.08. The van der Waals surface area contributed by atoms with Crippen molar-refractivity contribution in [3.8, 4) is 5.75 Å². The highest BCUT2D eigenvalue weighted by Gasteiger charge is 2.31. The standard InChI is InChI=1S/C16H26N2O/c1-4-11-17-14(13-9-10-13)12-18(2)15-7-5-6-8-16(15)19-3/h5-8,13-14,17H,4,9-12H2,1-3H3. The summed E-state index contributed by atoms with van der Waals surface area (Å²) in [7, 11) is 3.89. The fraction of sp³-hybridized carbons (Fsp3) is 0.625. The van der Waals surface area contributed by atoms with Crippen LogP contribution >= 0.6 is 0 Å². The lowest BCUT2D eigenvalue weighted by Gasteiger charge is -2.27. The van der Waals surface area contributed by atoms with Crippen LogP contribution in [-0.2, 0) is 0 Å². The number of ether oxygens (including phenoxy) is 1. The number of nitrogens with zero attached hydrogens (tertiary/aromatic N) is 1. The zero-order valence-electron chi connectivity index (χ0n) is 12.4. The molecule has 1 unspecified atom stereocenters. The molecule has 106 valence electrons. The molecule has 1 aromatic rings. The van der Waals surface area contributed by atoms with E-state index in [1.54, 1.807) is 7.11 Å². The minimum atomic E-state index is 0.606. The van der Waals surface area contributed by atoms with Crippen LogP contribution in [-0.4, -0.2) is 33.3 Å². The number of methoxy groups -OCH3 is 1. The maximum Gasteiger partial charge on any atom is 0.142 e. The predicted octanol–water partition coefficient (Wildman–Crippen LogP) is 2.91. The number of rotatable bonds is 8. The van der Waals surface area contributed by atoms with Crippen molar-refractivity contribution in [1.82, 2.24) is 5.32 Å². The van der Waals surface area contributed by atoms with Crippen molar-refractivity contribution in [3.05, 3.63) is 24.3 Å². The van der Waals surface area contributed by atoms with E-state index in [1.807, 2.05) is 12.1 Å². The molecule has 1 fully saturated rings. The fourth-order valence-electron chi connectivity index (χ4n) is 2.55. The largest absolute Gasteiger partial charge is 0.495 e. The van der Waals surface area contributed by atoms with Crippen LogP contribution in [0.2, 0.25) is 0 Å². The van der Waals surface area contributed by atoms with Crippen LogP contribution < -0.4 is 15.0 Å². The lowest BCUT2D eigenvalue weighted by molar-refractivity contribution is 0.412. The molecule has 3 heteroatoms. The van der Waals surface area contributed by atoms with Gasteiger partial charge in [0.25, 0.3) is 0 Å². The van der Waals surface area contributed by atoms with Crippen LogP contribution in [0.1, 0.15) is 26.2 Å². The first-order valence-corrected chi connectivity index (χ1v) is 7.33. The number of nitrogens with one attached hydrogen (secondary N) is 1. The van der Waals surface area contributed by atoms with Gasteiger partial charge in [-0.05, 0) is 43.9 Å². The van der Waals surface area contributed by atoms with Crippen molar-refractivity contribution in [1.29, 1.82) is 0 Å². The molecule has 2 rings (SSSR count). The van der Waals surface area contributed by atoms with E-state index in [4.69, 9.17) is 4.74 Å². The van der Waals surface area contributed by atoms with Crippen molar-refractivity contribution in [3.63, 3.8) is 0 Å². The van der Waals surface area contributed by atoms with E-state index in [0.717, 1.165) is 24.8 Å². The van der Waals surface area contributed by atoms with Crippen LogP contribution in [0.25, 0.3) is 0 Å². The number of para-hydroxylation sites is 2. The summed E-state index contributed by atoms with van der Waals surface area (Å²) in [5.74, 6) is 1.82. The van der Waals surface area contributed by atoms with Gasteiger partial charge in [0.05, 0.1) is 12.8 Å². The third-order valence-corrected chi connectivity index (χ3v) is 3.81. The topological polar surface area (TPSA) is 24.5 Å². The molecular weight excluding hydrogens is 236 g/mol. The molecule has 0 heterocycles. The third kappa shape index (κ3) is 3.87. The highest BCUT2D eigenvalue weighted by molar-refractivity contribution is 5.57. The van der Waals surface area contributed by atoms with Crippen LogP contribution in [0.15, 0.2) is 24.3 Å². The Balaban J connectivity index is 1.99. The average molecular weight is 262 g/mol. The zero-order valence-corrected chi connectivity index (χ0v) is 12.4. The molecule has 1 atom stereocenters. The highest BCUT2D eigenvalue weighted by Crippen LogP contribution is 2.34. The van der Waals surface area contributed by atoms with Gasteiger partial charge >= 0.3 is 0 Å². The maximum absolute atomic E-state index is 5.44. The normalized spacial score (nSPS) is 16.2. The first-order valence-electron chi connectivity index (χ1n) is 7.33. The van der Waals surface area contributed by atoms with Gasteiger partial charge in [-0.3, -0.25) is 0 Å². The second-order valence-electron chi connectivity index (χ2n) is 5.45. The van der Waals surface area contributed by atoms with E-state index in [1.165, 1.54) is 24.9 Å². The van der Waals surface area contributed by atoms with E-state index < -0.39 is 0 Å². The summed E-state index contributed by atoms with van der Waals surface area (Å²) in [6, 6.07) is 8.85. The Morgan fingerprint density at radius 1 is 1.37 bits per heavy atom. The molecule has 1 aliphatic rings. The summed E-state index contributed by atoms with van der Waals surface area (Å²) >= 11 is 0. The van der Waals surface area contributed by atoms with Gasteiger partial charge in [-0.1, -0.05) is 19.1 Å². The van der Waals surface area contributed by atoms with Gasteiger partial charge in [0.1, 0.15) is 5.75 Å². The van der Waals surface area contributed by atoms with E-state index in [0.29, 0.717) is 6.04 Å². The van der Waals surface area contributed by atoms with Crippen molar-refractivity contribution in [2.45, 2.75) is 32.2 Å². The predicted molar refractivity (Wildman–Crippen MR) is 81.1 cm³/mol. The second kappa shape index (κ2) is 6.80. The smallest absolute Gasteiger partial charge is 0.142 e. The monoisotopic (exact) mass is 262 g/mol. The number of hydrogen-bond donors (Lipinski definition) is 1. The first-order chi connectivity index (χ1) is 9.26.